The van der Waals surface area contributed by atoms with Crippen molar-refractivity contribution in [2.75, 3.05) is 13.2 Å². The number of hydrogen-bond acceptors (Lipinski definition) is 8. The molecule has 30 heavy (non-hydrogen) atoms. The summed E-state index contributed by atoms with van der Waals surface area (Å²) in [6.07, 6.45) is 5.96. The van der Waals surface area contributed by atoms with Crippen molar-refractivity contribution in [3.05, 3.63) is 48.6 Å². The van der Waals surface area contributed by atoms with Gasteiger partial charge in [-0.1, -0.05) is 0 Å². The molecule has 156 valence electrons. The van der Waals surface area contributed by atoms with Gasteiger partial charge in [-0.15, -0.1) is 0 Å². The minimum absolute atomic E-state index is 0.0327. The molecule has 2 fully saturated rings. The number of ether oxygens (including phenoxy) is 3. The maximum absolute atomic E-state index is 14.6. The predicted molar refractivity (Wildman–Crippen MR) is 103 cm³/mol. The summed E-state index contributed by atoms with van der Waals surface area (Å²) in [6.45, 7) is 3.19. The number of morpholine rings is 1. The van der Waals surface area contributed by atoms with Gasteiger partial charge in [0.1, 0.15) is 25.1 Å². The van der Waals surface area contributed by atoms with Crippen LogP contribution in [0.25, 0.3) is 5.69 Å². The fraction of sp³-hybridized carbons (Fsp3) is 0.400. The van der Waals surface area contributed by atoms with Crippen LogP contribution in [0, 0.1) is 12.7 Å². The predicted octanol–water partition coefficient (Wildman–Crippen LogP) is 2.20. The van der Waals surface area contributed by atoms with E-state index in [0.717, 1.165) is 12.8 Å². The van der Waals surface area contributed by atoms with Gasteiger partial charge in [0.15, 0.2) is 11.6 Å². The molecule has 2 bridgehead atoms. The quantitative estimate of drug-likeness (QED) is 0.681. The topological polar surface area (TPSA) is 96.2 Å². The molecule has 2 saturated heterocycles. The van der Waals surface area contributed by atoms with Crippen molar-refractivity contribution in [1.29, 1.82) is 0 Å². The first-order valence-electron chi connectivity index (χ1n) is 9.80. The highest BCUT2D eigenvalue weighted by molar-refractivity contribution is 5.41. The molecule has 10 heteroatoms. The molecule has 2 unspecified atom stereocenters. The molecule has 3 aromatic rings. The minimum atomic E-state index is -0.533. The third kappa shape index (κ3) is 3.83. The van der Waals surface area contributed by atoms with Crippen LogP contribution in [0.4, 0.5) is 4.39 Å². The van der Waals surface area contributed by atoms with Gasteiger partial charge in [-0.25, -0.2) is 24.0 Å². The Morgan fingerprint density at radius 1 is 1.13 bits per heavy atom. The lowest BCUT2D eigenvalue weighted by Gasteiger charge is -2.39. The monoisotopic (exact) mass is 412 g/mol. The fourth-order valence-corrected chi connectivity index (χ4v) is 3.84. The van der Waals surface area contributed by atoms with Crippen LogP contribution >= 0.6 is 0 Å². The summed E-state index contributed by atoms with van der Waals surface area (Å²) in [6, 6.07) is 5.13. The van der Waals surface area contributed by atoms with Crippen molar-refractivity contribution in [3.63, 3.8) is 0 Å². The molecule has 0 spiro atoms. The van der Waals surface area contributed by atoms with Gasteiger partial charge in [0, 0.05) is 31.0 Å². The number of halogens is 1. The van der Waals surface area contributed by atoms with Gasteiger partial charge in [0.25, 0.3) is 0 Å². The number of nitrogens with zero attached hydrogens (tertiary/aromatic N) is 5. The molecule has 0 amide bonds. The van der Waals surface area contributed by atoms with Crippen molar-refractivity contribution in [3.8, 4) is 23.2 Å². The van der Waals surface area contributed by atoms with Gasteiger partial charge in [-0.3, -0.25) is 0 Å². The van der Waals surface area contributed by atoms with Crippen LogP contribution < -0.4 is 14.8 Å². The van der Waals surface area contributed by atoms with Gasteiger partial charge in [0.2, 0.25) is 11.8 Å². The first-order chi connectivity index (χ1) is 14.7. The Morgan fingerprint density at radius 2 is 1.93 bits per heavy atom. The average molecular weight is 412 g/mol. The number of nitrogens with one attached hydrogen (secondary N) is 1. The van der Waals surface area contributed by atoms with Crippen LogP contribution in [0.1, 0.15) is 18.4 Å². The summed E-state index contributed by atoms with van der Waals surface area (Å²) < 4.78 is 33.5. The van der Waals surface area contributed by atoms with Crippen molar-refractivity contribution in [2.45, 2.75) is 38.0 Å². The van der Waals surface area contributed by atoms with E-state index in [1.54, 1.807) is 13.0 Å². The molecule has 9 nitrogen and oxygen atoms in total. The number of hydrogen-bond donors (Lipinski definition) is 1. The lowest BCUT2D eigenvalue weighted by atomic mass is 9.95. The van der Waals surface area contributed by atoms with Crippen molar-refractivity contribution < 1.29 is 18.6 Å². The maximum Gasteiger partial charge on any atom is 0.229 e. The average Bonchev–Trinajstić information content (AvgIpc) is 3.27. The first kappa shape index (κ1) is 18.9. The van der Waals surface area contributed by atoms with Gasteiger partial charge in [-0.2, -0.15) is 5.10 Å². The minimum Gasteiger partial charge on any atom is -0.474 e. The molecule has 1 N–H and O–H groups in total. The van der Waals surface area contributed by atoms with Gasteiger partial charge in [-0.05, 0) is 19.1 Å². The molecule has 2 aliphatic rings. The molecule has 0 radical (unpaired) electrons. The molecular formula is C20H21FN6O3. The largest absolute Gasteiger partial charge is 0.474 e. The lowest BCUT2D eigenvalue weighted by molar-refractivity contribution is -0.0134. The number of aromatic nitrogens is 5. The second kappa shape index (κ2) is 7.96. The number of rotatable bonds is 5. The Labute approximate surface area is 172 Å². The van der Waals surface area contributed by atoms with E-state index in [1.165, 1.54) is 35.8 Å². The molecule has 4 heterocycles. The van der Waals surface area contributed by atoms with E-state index < -0.39 is 5.82 Å². The summed E-state index contributed by atoms with van der Waals surface area (Å²) in [5.41, 5.74) is 1.17. The van der Waals surface area contributed by atoms with Gasteiger partial charge in [0.05, 0.1) is 24.5 Å². The van der Waals surface area contributed by atoms with E-state index in [0.29, 0.717) is 30.3 Å². The SMILES string of the molecule is Cc1c(Oc2ccc(-n3cncn3)cc2F)ncnc1OC1CC2COCC(C1)N2. The van der Waals surface area contributed by atoms with E-state index in [1.807, 2.05) is 0 Å². The summed E-state index contributed by atoms with van der Waals surface area (Å²) in [7, 11) is 0. The normalized spacial score (nSPS) is 23.2. The van der Waals surface area contributed by atoms with Crippen molar-refractivity contribution in [1.82, 2.24) is 30.0 Å². The number of fused-ring (bicyclic) bond motifs is 2. The highest BCUT2D eigenvalue weighted by Crippen LogP contribution is 2.31. The molecule has 2 aliphatic heterocycles. The van der Waals surface area contributed by atoms with Crippen LogP contribution in [0.2, 0.25) is 0 Å². The Morgan fingerprint density at radius 3 is 2.67 bits per heavy atom. The zero-order valence-corrected chi connectivity index (χ0v) is 16.4. The number of benzene rings is 1. The highest BCUT2D eigenvalue weighted by atomic mass is 19.1. The summed E-state index contributed by atoms with van der Waals surface area (Å²) >= 11 is 0. The van der Waals surface area contributed by atoms with E-state index in [2.05, 4.69) is 25.4 Å². The van der Waals surface area contributed by atoms with Gasteiger partial charge >= 0.3 is 0 Å². The standard InChI is InChI=1S/C20H21FN6O3/c1-12-19(29-16-4-13-7-28-8-14(5-16)26-13)23-10-24-20(12)30-18-3-2-15(6-17(18)21)27-11-22-9-25-27/h2-3,6,9-11,13-14,16,26H,4-5,7-8H2,1H3. The second-order valence-corrected chi connectivity index (χ2v) is 7.48. The Kier molecular flexibility index (Phi) is 5.01. The van der Waals surface area contributed by atoms with E-state index in [4.69, 9.17) is 14.2 Å². The first-order valence-corrected chi connectivity index (χ1v) is 9.80. The molecule has 2 aromatic heterocycles. The van der Waals surface area contributed by atoms with Crippen LogP contribution in [0.3, 0.4) is 0 Å². The molecular weight excluding hydrogens is 391 g/mol. The summed E-state index contributed by atoms with van der Waals surface area (Å²) in [5, 5.41) is 7.53. The van der Waals surface area contributed by atoms with Crippen LogP contribution in [0.5, 0.6) is 17.5 Å². The van der Waals surface area contributed by atoms with E-state index >= 15 is 0 Å². The Hall–Kier alpha value is -3.11. The third-order valence-corrected chi connectivity index (χ3v) is 5.28. The molecule has 0 aliphatic carbocycles. The van der Waals surface area contributed by atoms with Crippen LogP contribution in [-0.4, -0.2) is 56.1 Å². The second-order valence-electron chi connectivity index (χ2n) is 7.48. The highest BCUT2D eigenvalue weighted by Gasteiger charge is 2.33. The lowest BCUT2D eigenvalue weighted by Crippen LogP contribution is -2.56. The fourth-order valence-electron chi connectivity index (χ4n) is 3.84. The zero-order valence-electron chi connectivity index (χ0n) is 16.4. The summed E-state index contributed by atoms with van der Waals surface area (Å²) in [5.74, 6) is 0.227. The van der Waals surface area contributed by atoms with Gasteiger partial charge < -0.3 is 19.5 Å². The molecule has 0 saturated carbocycles. The zero-order chi connectivity index (χ0) is 20.5. The Bertz CT molecular complexity index is 1020. The number of piperidine rings is 1. The molecule has 1 aromatic carbocycles. The third-order valence-electron chi connectivity index (χ3n) is 5.28. The van der Waals surface area contributed by atoms with Crippen LogP contribution in [0.15, 0.2) is 37.2 Å². The van der Waals surface area contributed by atoms with Crippen LogP contribution in [-0.2, 0) is 4.74 Å². The molecule has 5 rings (SSSR count). The van der Waals surface area contributed by atoms with E-state index in [-0.39, 0.29) is 29.8 Å². The Balaban J connectivity index is 1.32. The van der Waals surface area contributed by atoms with Crippen molar-refractivity contribution >= 4 is 0 Å². The van der Waals surface area contributed by atoms with E-state index in [9.17, 15) is 4.39 Å². The smallest absolute Gasteiger partial charge is 0.229 e. The summed E-state index contributed by atoms with van der Waals surface area (Å²) in [4.78, 5) is 12.3. The molecule has 2 atom stereocenters. The maximum atomic E-state index is 14.6. The van der Waals surface area contributed by atoms with Crippen molar-refractivity contribution in [2.24, 2.45) is 0 Å².